The Kier molecular flexibility index (Phi) is 2.51. The second-order valence-electron chi connectivity index (χ2n) is 6.90. The van der Waals surface area contributed by atoms with Crippen molar-refractivity contribution in [2.45, 2.75) is 53.1 Å². The lowest BCUT2D eigenvalue weighted by Crippen LogP contribution is -2.48. The molecule has 0 N–H and O–H groups in total. The van der Waals surface area contributed by atoms with Crippen LogP contribution in [0.15, 0.2) is 12.7 Å². The van der Waals surface area contributed by atoms with Gasteiger partial charge in [-0.15, -0.1) is 0 Å². The number of hydrogen-bond acceptors (Lipinski definition) is 2. The van der Waals surface area contributed by atoms with E-state index in [4.69, 9.17) is 4.74 Å². The lowest BCUT2D eigenvalue weighted by molar-refractivity contribution is -0.170. The highest BCUT2D eigenvalue weighted by Gasteiger charge is 2.70. The molecule has 2 saturated carbocycles. The maximum absolute atomic E-state index is 11.5. The molecule has 0 aromatic carbocycles. The first kappa shape index (κ1) is 12.7. The Balaban J connectivity index is 2.36. The molecular weight excluding hydrogens is 212 g/mol. The number of carbonyl (C=O) groups is 1. The molecule has 2 bridgehead atoms. The van der Waals surface area contributed by atoms with Gasteiger partial charge in [0.25, 0.3) is 0 Å². The number of ether oxygens (including phenoxy) is 1. The van der Waals surface area contributed by atoms with Crippen LogP contribution in [-0.2, 0) is 9.53 Å². The molecule has 0 aromatic heterocycles. The molecule has 0 heterocycles. The van der Waals surface area contributed by atoms with Crippen molar-refractivity contribution in [3.05, 3.63) is 12.7 Å². The van der Waals surface area contributed by atoms with Crippen LogP contribution < -0.4 is 0 Å². The minimum Gasteiger partial charge on any atom is -0.456 e. The van der Waals surface area contributed by atoms with Crippen molar-refractivity contribution >= 4 is 5.97 Å². The lowest BCUT2D eigenvalue weighted by atomic mass is 9.64. The van der Waals surface area contributed by atoms with Crippen molar-refractivity contribution in [2.24, 2.45) is 22.7 Å². The Hall–Kier alpha value is -0.790. The maximum Gasteiger partial charge on any atom is 0.330 e. The fraction of sp³-hybridized carbons (Fsp3) is 0.800. The van der Waals surface area contributed by atoms with Crippen molar-refractivity contribution in [3.8, 4) is 0 Å². The molecule has 0 radical (unpaired) electrons. The standard InChI is InChI=1S/C15H24O2/c1-7-12(16)17-15(6)9-11-10(2)8-14(15,5)13(11,3)4/h7,10-11H,1,8-9H2,2-6H3. The van der Waals surface area contributed by atoms with Gasteiger partial charge in [-0.05, 0) is 37.0 Å². The highest BCUT2D eigenvalue weighted by atomic mass is 16.6. The van der Waals surface area contributed by atoms with Gasteiger partial charge in [0.1, 0.15) is 5.60 Å². The normalized spacial score (nSPS) is 46.9. The Bertz CT molecular complexity index is 371. The molecule has 2 nitrogen and oxygen atoms in total. The van der Waals surface area contributed by atoms with Crippen LogP contribution in [0.5, 0.6) is 0 Å². The van der Waals surface area contributed by atoms with Gasteiger partial charge >= 0.3 is 5.97 Å². The van der Waals surface area contributed by atoms with Gasteiger partial charge in [0.05, 0.1) is 0 Å². The van der Waals surface area contributed by atoms with Gasteiger partial charge in [-0.1, -0.05) is 34.3 Å². The van der Waals surface area contributed by atoms with E-state index in [0.717, 1.165) is 18.8 Å². The van der Waals surface area contributed by atoms with Crippen molar-refractivity contribution in [1.29, 1.82) is 0 Å². The SMILES string of the molecule is C=CC(=O)OC1(C)CC2C(C)CC1(C)C2(C)C. The molecule has 2 fully saturated rings. The monoisotopic (exact) mass is 236 g/mol. The molecule has 2 rings (SSSR count). The van der Waals surface area contributed by atoms with E-state index < -0.39 is 0 Å². The predicted molar refractivity (Wildman–Crippen MR) is 68.5 cm³/mol. The summed E-state index contributed by atoms with van der Waals surface area (Å²) < 4.78 is 5.71. The second kappa shape index (κ2) is 3.37. The van der Waals surface area contributed by atoms with E-state index in [1.165, 1.54) is 6.08 Å². The summed E-state index contributed by atoms with van der Waals surface area (Å²) >= 11 is 0. The van der Waals surface area contributed by atoms with E-state index in [9.17, 15) is 4.79 Å². The third kappa shape index (κ3) is 1.36. The molecular formula is C15H24O2. The second-order valence-corrected chi connectivity index (χ2v) is 6.90. The summed E-state index contributed by atoms with van der Waals surface area (Å²) in [7, 11) is 0. The van der Waals surface area contributed by atoms with Crippen LogP contribution in [-0.4, -0.2) is 11.6 Å². The summed E-state index contributed by atoms with van der Waals surface area (Å²) in [6.45, 7) is 14.9. The van der Waals surface area contributed by atoms with E-state index in [1.807, 2.05) is 0 Å². The van der Waals surface area contributed by atoms with Gasteiger partial charge in [-0.25, -0.2) is 4.79 Å². The Labute approximate surface area is 104 Å². The maximum atomic E-state index is 11.5. The molecule has 4 unspecified atom stereocenters. The first-order chi connectivity index (χ1) is 7.68. The van der Waals surface area contributed by atoms with Crippen LogP contribution >= 0.6 is 0 Å². The summed E-state index contributed by atoms with van der Waals surface area (Å²) in [6.07, 6.45) is 3.40. The predicted octanol–water partition coefficient (Wildman–Crippen LogP) is 3.57. The van der Waals surface area contributed by atoms with E-state index >= 15 is 0 Å². The number of esters is 1. The summed E-state index contributed by atoms with van der Waals surface area (Å²) in [6, 6.07) is 0. The molecule has 0 aromatic rings. The third-order valence-electron chi connectivity index (χ3n) is 6.04. The van der Waals surface area contributed by atoms with Crippen molar-refractivity contribution < 1.29 is 9.53 Å². The molecule has 96 valence electrons. The van der Waals surface area contributed by atoms with Gasteiger partial charge in [0.2, 0.25) is 0 Å². The molecule has 0 spiro atoms. The number of fused-ring (bicyclic) bond motifs is 2. The molecule has 2 aliphatic rings. The molecule has 0 amide bonds. The smallest absolute Gasteiger partial charge is 0.330 e. The zero-order valence-electron chi connectivity index (χ0n) is 11.7. The topological polar surface area (TPSA) is 26.3 Å². The zero-order valence-corrected chi connectivity index (χ0v) is 11.7. The Morgan fingerprint density at radius 1 is 1.29 bits per heavy atom. The molecule has 2 heteroatoms. The molecule has 2 aliphatic carbocycles. The average Bonchev–Trinajstić information content (AvgIpc) is 2.47. The zero-order chi connectivity index (χ0) is 13.1. The average molecular weight is 236 g/mol. The lowest BCUT2D eigenvalue weighted by Gasteiger charge is -2.46. The van der Waals surface area contributed by atoms with E-state index in [0.29, 0.717) is 5.92 Å². The van der Waals surface area contributed by atoms with Crippen LogP contribution in [0.4, 0.5) is 0 Å². The molecule has 4 atom stereocenters. The minimum absolute atomic E-state index is 0.0722. The largest absolute Gasteiger partial charge is 0.456 e. The van der Waals surface area contributed by atoms with Crippen LogP contribution in [0.1, 0.15) is 47.5 Å². The van der Waals surface area contributed by atoms with Crippen LogP contribution in [0.2, 0.25) is 0 Å². The van der Waals surface area contributed by atoms with Gasteiger partial charge in [-0.2, -0.15) is 0 Å². The summed E-state index contributed by atoms with van der Waals surface area (Å²) in [5.41, 5.74) is -0.0235. The number of rotatable bonds is 2. The van der Waals surface area contributed by atoms with Crippen LogP contribution in [0, 0.1) is 22.7 Å². The highest BCUT2D eigenvalue weighted by molar-refractivity contribution is 5.81. The Morgan fingerprint density at radius 2 is 1.88 bits per heavy atom. The molecule has 17 heavy (non-hydrogen) atoms. The van der Waals surface area contributed by atoms with Gasteiger partial charge in [-0.3, -0.25) is 0 Å². The number of carbonyl (C=O) groups excluding carboxylic acids is 1. The number of hydrogen-bond donors (Lipinski definition) is 0. The fourth-order valence-corrected chi connectivity index (χ4v) is 4.59. The first-order valence-electron chi connectivity index (χ1n) is 6.53. The molecule has 0 saturated heterocycles. The van der Waals surface area contributed by atoms with Crippen LogP contribution in [0.25, 0.3) is 0 Å². The van der Waals surface area contributed by atoms with E-state index in [1.54, 1.807) is 0 Å². The van der Waals surface area contributed by atoms with Crippen LogP contribution in [0.3, 0.4) is 0 Å². The summed E-state index contributed by atoms with van der Waals surface area (Å²) in [5.74, 6) is 1.09. The van der Waals surface area contributed by atoms with E-state index in [-0.39, 0.29) is 22.4 Å². The molecule has 0 aliphatic heterocycles. The third-order valence-corrected chi connectivity index (χ3v) is 6.04. The minimum atomic E-state index is -0.334. The van der Waals surface area contributed by atoms with Crippen molar-refractivity contribution in [3.63, 3.8) is 0 Å². The van der Waals surface area contributed by atoms with Crippen molar-refractivity contribution in [1.82, 2.24) is 0 Å². The quantitative estimate of drug-likeness (QED) is 0.541. The fourth-order valence-electron chi connectivity index (χ4n) is 4.59. The van der Waals surface area contributed by atoms with Gasteiger partial charge < -0.3 is 4.74 Å². The summed E-state index contributed by atoms with van der Waals surface area (Å²) in [4.78, 5) is 11.5. The van der Waals surface area contributed by atoms with Gasteiger partial charge in [0.15, 0.2) is 0 Å². The highest BCUT2D eigenvalue weighted by Crippen LogP contribution is 2.72. The summed E-state index contributed by atoms with van der Waals surface area (Å²) in [5, 5.41) is 0. The van der Waals surface area contributed by atoms with Gasteiger partial charge in [0, 0.05) is 11.5 Å². The van der Waals surface area contributed by atoms with E-state index in [2.05, 4.69) is 41.2 Å². The first-order valence-corrected chi connectivity index (χ1v) is 6.53. The van der Waals surface area contributed by atoms with Crippen molar-refractivity contribution in [2.75, 3.05) is 0 Å². The Morgan fingerprint density at radius 3 is 2.24 bits per heavy atom.